The molecule has 1 heterocycles. The number of aliphatic hydroxyl groups is 1. The van der Waals surface area contributed by atoms with Crippen LogP contribution < -0.4 is 10.4 Å². The van der Waals surface area contributed by atoms with Gasteiger partial charge in [0, 0.05) is 13.7 Å². The zero-order valence-electron chi connectivity index (χ0n) is 20.1. The van der Waals surface area contributed by atoms with Gasteiger partial charge in [-0.05, 0) is 47.5 Å². The highest BCUT2D eigenvalue weighted by Gasteiger charge is 2.50. The van der Waals surface area contributed by atoms with Crippen molar-refractivity contribution in [2.24, 2.45) is 0 Å². The predicted molar refractivity (Wildman–Crippen MR) is 133 cm³/mol. The molecule has 1 aliphatic rings. The topological polar surface area (TPSA) is 47.9 Å². The second-order valence-electron chi connectivity index (χ2n) is 9.84. The molecule has 1 fully saturated rings. The Morgan fingerprint density at radius 2 is 1.53 bits per heavy atom. The maximum atomic E-state index is 9.15. The van der Waals surface area contributed by atoms with Crippen LogP contribution >= 0.6 is 0 Å². The first-order valence-electron chi connectivity index (χ1n) is 12.0. The Morgan fingerprint density at radius 3 is 2.03 bits per heavy atom. The average molecular weight is 457 g/mol. The van der Waals surface area contributed by atoms with Gasteiger partial charge >= 0.3 is 0 Å². The Hall–Kier alpha value is -1.50. The summed E-state index contributed by atoms with van der Waals surface area (Å²) in [6.45, 7) is 7.73. The second-order valence-corrected chi connectivity index (χ2v) is 14.1. The minimum atomic E-state index is -2.56. The number of rotatable bonds is 10. The summed E-state index contributed by atoms with van der Waals surface area (Å²) in [6, 6.07) is 21.5. The van der Waals surface area contributed by atoms with E-state index in [1.165, 1.54) is 10.4 Å². The van der Waals surface area contributed by atoms with Crippen LogP contribution in [0.3, 0.4) is 0 Å². The minimum Gasteiger partial charge on any atom is -0.405 e. The monoisotopic (exact) mass is 456 g/mol. The van der Waals surface area contributed by atoms with Crippen LogP contribution in [0, 0.1) is 0 Å². The van der Waals surface area contributed by atoms with E-state index < -0.39 is 8.32 Å². The molecule has 3 rings (SSSR count). The fraction of sp³-hybridized carbons (Fsp3) is 0.556. The maximum absolute atomic E-state index is 9.15. The zero-order valence-corrected chi connectivity index (χ0v) is 21.1. The molecule has 0 saturated carbocycles. The summed E-state index contributed by atoms with van der Waals surface area (Å²) in [4.78, 5) is 0. The Bertz CT molecular complexity index is 751. The molecule has 2 aromatic carbocycles. The van der Waals surface area contributed by atoms with Crippen molar-refractivity contribution in [3.05, 3.63) is 60.7 Å². The van der Waals surface area contributed by atoms with E-state index in [1.54, 1.807) is 7.11 Å². The van der Waals surface area contributed by atoms with Crippen LogP contribution in [0.2, 0.25) is 5.04 Å². The van der Waals surface area contributed by atoms with E-state index in [1.807, 2.05) is 0 Å². The van der Waals surface area contributed by atoms with Crippen LogP contribution in [0.15, 0.2) is 60.7 Å². The molecule has 0 bridgehead atoms. The van der Waals surface area contributed by atoms with Gasteiger partial charge in [-0.25, -0.2) is 0 Å². The van der Waals surface area contributed by atoms with Crippen molar-refractivity contribution in [3.63, 3.8) is 0 Å². The molecule has 0 aromatic heterocycles. The molecular formula is C27H40O4Si. The van der Waals surface area contributed by atoms with Gasteiger partial charge in [0.2, 0.25) is 0 Å². The lowest BCUT2D eigenvalue weighted by molar-refractivity contribution is -0.141. The molecule has 0 spiro atoms. The van der Waals surface area contributed by atoms with Crippen LogP contribution in [0.4, 0.5) is 0 Å². The highest BCUT2D eigenvalue weighted by Crippen LogP contribution is 2.37. The van der Waals surface area contributed by atoms with Crippen LogP contribution in [-0.2, 0) is 13.9 Å². The Morgan fingerprint density at radius 1 is 0.938 bits per heavy atom. The number of ether oxygens (including phenoxy) is 2. The summed E-state index contributed by atoms with van der Waals surface area (Å²) in [5, 5.41) is 11.7. The summed E-state index contributed by atoms with van der Waals surface area (Å²) >= 11 is 0. The standard InChI is InChI=1S/C27H40O4Si/c1-27(2,3)32(23-13-7-5-8-14-23,24-15-9-6-10-16-24)30-21-22-18-19-25(29-4)26(31-22)17-11-12-20-28/h5-10,13-16,22,25-26,28H,11-12,17-21H2,1-4H3/t22-,25+,26+/m0/s1. The molecule has 0 radical (unpaired) electrons. The third kappa shape index (κ3) is 5.70. The van der Waals surface area contributed by atoms with Crippen LogP contribution in [0.25, 0.3) is 0 Å². The maximum Gasteiger partial charge on any atom is 0.261 e. The van der Waals surface area contributed by atoms with Gasteiger partial charge in [0.1, 0.15) is 0 Å². The lowest BCUT2D eigenvalue weighted by Gasteiger charge is -2.44. The third-order valence-electron chi connectivity index (χ3n) is 6.66. The van der Waals surface area contributed by atoms with E-state index in [-0.39, 0.29) is 30.0 Å². The average Bonchev–Trinajstić information content (AvgIpc) is 2.80. The van der Waals surface area contributed by atoms with Crippen molar-refractivity contribution in [2.75, 3.05) is 20.3 Å². The molecule has 0 amide bonds. The molecule has 1 saturated heterocycles. The number of aliphatic hydroxyl groups excluding tert-OH is 1. The fourth-order valence-electron chi connectivity index (χ4n) is 5.02. The van der Waals surface area contributed by atoms with Gasteiger partial charge in [-0.2, -0.15) is 0 Å². The van der Waals surface area contributed by atoms with Crippen molar-refractivity contribution in [2.45, 2.75) is 76.2 Å². The summed E-state index contributed by atoms with van der Waals surface area (Å²) in [5.74, 6) is 0. The number of hydrogen-bond donors (Lipinski definition) is 1. The molecule has 3 atom stereocenters. The number of benzene rings is 2. The van der Waals surface area contributed by atoms with Crippen molar-refractivity contribution in [1.29, 1.82) is 0 Å². The van der Waals surface area contributed by atoms with E-state index in [0.717, 1.165) is 32.1 Å². The molecule has 4 nitrogen and oxygen atoms in total. The number of hydrogen-bond acceptors (Lipinski definition) is 4. The molecule has 2 aromatic rings. The molecule has 5 heteroatoms. The Kier molecular flexibility index (Phi) is 9.09. The minimum absolute atomic E-state index is 0.0417. The van der Waals surface area contributed by atoms with E-state index in [2.05, 4.69) is 81.4 Å². The molecule has 1 N–H and O–H groups in total. The quantitative estimate of drug-likeness (QED) is 0.428. The van der Waals surface area contributed by atoms with E-state index >= 15 is 0 Å². The largest absolute Gasteiger partial charge is 0.405 e. The molecule has 1 aliphatic heterocycles. The smallest absolute Gasteiger partial charge is 0.261 e. The lowest BCUT2D eigenvalue weighted by atomic mass is 9.97. The van der Waals surface area contributed by atoms with Crippen LogP contribution in [0.5, 0.6) is 0 Å². The van der Waals surface area contributed by atoms with Crippen molar-refractivity contribution in [3.8, 4) is 0 Å². The number of unbranched alkanes of at least 4 members (excludes halogenated alkanes) is 1. The van der Waals surface area contributed by atoms with Gasteiger partial charge in [0.25, 0.3) is 8.32 Å². The van der Waals surface area contributed by atoms with Gasteiger partial charge in [0.15, 0.2) is 0 Å². The third-order valence-corrected chi connectivity index (χ3v) is 11.7. The Labute approximate surface area is 195 Å². The van der Waals surface area contributed by atoms with E-state index in [9.17, 15) is 0 Å². The summed E-state index contributed by atoms with van der Waals surface area (Å²) in [6.07, 6.45) is 4.83. The van der Waals surface area contributed by atoms with Crippen molar-refractivity contribution in [1.82, 2.24) is 0 Å². The lowest BCUT2D eigenvalue weighted by Crippen LogP contribution is -2.67. The first-order chi connectivity index (χ1) is 15.4. The summed E-state index contributed by atoms with van der Waals surface area (Å²) < 4.78 is 19.3. The van der Waals surface area contributed by atoms with Gasteiger partial charge in [-0.15, -0.1) is 0 Å². The molecule has 32 heavy (non-hydrogen) atoms. The normalized spacial score (nSPS) is 22.1. The SMILES string of the molecule is CO[C@@H]1CC[C@@H](CO[Si](c2ccccc2)(c2ccccc2)C(C)(C)C)O[C@@H]1CCCCO. The van der Waals surface area contributed by atoms with E-state index in [4.69, 9.17) is 19.0 Å². The first kappa shape index (κ1) is 25.1. The molecule has 0 unspecified atom stereocenters. The highest BCUT2D eigenvalue weighted by molar-refractivity contribution is 6.99. The van der Waals surface area contributed by atoms with Gasteiger partial charge in [-0.3, -0.25) is 0 Å². The summed E-state index contributed by atoms with van der Waals surface area (Å²) in [5.41, 5.74) is 0. The highest BCUT2D eigenvalue weighted by atomic mass is 28.4. The van der Waals surface area contributed by atoms with Gasteiger partial charge < -0.3 is 19.0 Å². The fourth-order valence-corrected chi connectivity index (χ4v) is 9.61. The molecular weight excluding hydrogens is 416 g/mol. The first-order valence-corrected chi connectivity index (χ1v) is 13.9. The molecule has 176 valence electrons. The van der Waals surface area contributed by atoms with Gasteiger partial charge in [-0.1, -0.05) is 81.4 Å². The predicted octanol–water partition coefficient (Wildman–Crippen LogP) is 4.29. The number of methoxy groups -OCH3 is 1. The zero-order chi connectivity index (χ0) is 23.0. The molecule has 0 aliphatic carbocycles. The van der Waals surface area contributed by atoms with Crippen LogP contribution in [0.1, 0.15) is 52.9 Å². The van der Waals surface area contributed by atoms with Gasteiger partial charge in [0.05, 0.1) is 24.9 Å². The van der Waals surface area contributed by atoms with Crippen LogP contribution in [-0.4, -0.2) is 52.1 Å². The Balaban J connectivity index is 1.85. The van der Waals surface area contributed by atoms with Crippen molar-refractivity contribution < 1.29 is 19.0 Å². The van der Waals surface area contributed by atoms with E-state index in [0.29, 0.717) is 6.61 Å². The van der Waals surface area contributed by atoms with Crippen molar-refractivity contribution >= 4 is 18.7 Å². The second kappa shape index (κ2) is 11.6. The summed E-state index contributed by atoms with van der Waals surface area (Å²) in [7, 11) is -0.786.